The van der Waals surface area contributed by atoms with Gasteiger partial charge in [-0.1, -0.05) is 0 Å². The number of hydrogen-bond donors (Lipinski definition) is 5. The van der Waals surface area contributed by atoms with Gasteiger partial charge in [-0.25, -0.2) is 10.1 Å². The summed E-state index contributed by atoms with van der Waals surface area (Å²) in [5.74, 6) is 0. The van der Waals surface area contributed by atoms with Crippen LogP contribution < -0.4 is 5.50 Å². The van der Waals surface area contributed by atoms with E-state index in [9.17, 15) is 4.57 Å². The number of nitrogens with two attached hydrogens (primary N) is 1. The quantitative estimate of drug-likeness (QED) is 0.303. The lowest BCUT2D eigenvalue weighted by atomic mass is 10.4. The molecular weight excluding hydrogens is 229 g/mol. The van der Waals surface area contributed by atoms with Gasteiger partial charge in [-0.2, -0.15) is 0 Å². The number of aliphatic hydroxyl groups is 4. The van der Waals surface area contributed by atoms with Crippen LogP contribution in [0.3, 0.4) is 0 Å². The van der Waals surface area contributed by atoms with Gasteiger partial charge in [0.05, 0.1) is 26.4 Å². The smallest absolute Gasteiger partial charge is 0.394 e. The lowest BCUT2D eigenvalue weighted by Gasteiger charge is -2.16. The Morgan fingerprint density at radius 3 is 1.67 bits per heavy atom. The Kier molecular flexibility index (Phi) is 7.24. The summed E-state index contributed by atoms with van der Waals surface area (Å²) in [5.41, 5.74) is 5.05. The van der Waals surface area contributed by atoms with Gasteiger partial charge >= 0.3 is 7.75 Å². The first kappa shape index (κ1) is 14.9. The lowest BCUT2D eigenvalue weighted by Crippen LogP contribution is -2.23. The number of rotatable bonds is 8. The maximum Gasteiger partial charge on any atom is 0.403 e. The predicted molar refractivity (Wildman–Crippen MR) is 49.9 cm³/mol. The molecule has 0 aliphatic carbocycles. The highest BCUT2D eigenvalue weighted by Crippen LogP contribution is 2.38. The molecule has 92 valence electrons. The van der Waals surface area contributed by atoms with Gasteiger partial charge < -0.3 is 20.4 Å². The van der Waals surface area contributed by atoms with Crippen LogP contribution >= 0.6 is 7.75 Å². The zero-order chi connectivity index (χ0) is 11.9. The molecule has 0 radical (unpaired) electrons. The maximum atomic E-state index is 11.2. The van der Waals surface area contributed by atoms with Crippen LogP contribution in [0.25, 0.3) is 0 Å². The molecule has 0 aromatic rings. The van der Waals surface area contributed by atoms with Gasteiger partial charge in [0.25, 0.3) is 0 Å². The highest BCUT2D eigenvalue weighted by Gasteiger charge is 2.21. The zero-order valence-corrected chi connectivity index (χ0v) is 8.92. The largest absolute Gasteiger partial charge is 0.403 e. The highest BCUT2D eigenvalue weighted by molar-refractivity contribution is 7.51. The van der Waals surface area contributed by atoms with E-state index in [0.717, 1.165) is 0 Å². The second-order valence-corrected chi connectivity index (χ2v) is 4.40. The van der Waals surface area contributed by atoms with Gasteiger partial charge in [0, 0.05) is 0 Å². The van der Waals surface area contributed by atoms with Crippen molar-refractivity contribution < 1.29 is 34.0 Å². The Labute approximate surface area is 86.8 Å². The van der Waals surface area contributed by atoms with Crippen LogP contribution in [0, 0.1) is 0 Å². The maximum absolute atomic E-state index is 11.2. The summed E-state index contributed by atoms with van der Waals surface area (Å²) in [6.45, 7) is -2.00. The Bertz CT molecular complexity index is 196. The third kappa shape index (κ3) is 7.83. The second-order valence-electron chi connectivity index (χ2n) is 2.80. The summed E-state index contributed by atoms with van der Waals surface area (Å²) in [5, 5.41) is 34.5. The van der Waals surface area contributed by atoms with Crippen LogP contribution in [0.2, 0.25) is 0 Å². The first-order valence-electron chi connectivity index (χ1n) is 4.17. The van der Waals surface area contributed by atoms with Crippen molar-refractivity contribution in [1.82, 2.24) is 0 Å². The molecule has 0 saturated carbocycles. The van der Waals surface area contributed by atoms with E-state index in [0.29, 0.717) is 0 Å². The van der Waals surface area contributed by atoms with E-state index < -0.39 is 46.4 Å². The molecule has 0 rings (SSSR count). The predicted octanol–water partition coefficient (Wildman–Crippen LogP) is -2.21. The third-order valence-corrected chi connectivity index (χ3v) is 2.33. The molecule has 0 aromatic heterocycles. The van der Waals surface area contributed by atoms with E-state index >= 15 is 0 Å². The molecule has 0 aliphatic rings. The monoisotopic (exact) mass is 245 g/mol. The van der Waals surface area contributed by atoms with E-state index in [-0.39, 0.29) is 0 Å². The Hall–Kier alpha value is -0.0500. The van der Waals surface area contributed by atoms with Crippen LogP contribution in [0.5, 0.6) is 0 Å². The van der Waals surface area contributed by atoms with Crippen LogP contribution in [0.15, 0.2) is 0 Å². The van der Waals surface area contributed by atoms with Crippen molar-refractivity contribution in [3.05, 3.63) is 0 Å². The number of hydrogen-bond acceptors (Lipinski definition) is 7. The summed E-state index contributed by atoms with van der Waals surface area (Å²) in [7, 11) is -3.87. The fourth-order valence-electron chi connectivity index (χ4n) is 0.523. The summed E-state index contributed by atoms with van der Waals surface area (Å²) < 4.78 is 20.2. The molecule has 0 amide bonds. The fraction of sp³-hybridized carbons (Fsp3) is 1.00. The van der Waals surface area contributed by atoms with Gasteiger partial charge in [-0.3, -0.25) is 9.05 Å². The van der Waals surface area contributed by atoms with Crippen LogP contribution in [0.4, 0.5) is 0 Å². The average molecular weight is 245 g/mol. The van der Waals surface area contributed by atoms with E-state index in [2.05, 4.69) is 9.05 Å². The van der Waals surface area contributed by atoms with Gasteiger partial charge in [0.1, 0.15) is 12.2 Å². The molecule has 0 bridgehead atoms. The summed E-state index contributed by atoms with van der Waals surface area (Å²) >= 11 is 0. The van der Waals surface area contributed by atoms with Crippen molar-refractivity contribution >= 4 is 7.75 Å². The van der Waals surface area contributed by atoms with Crippen LogP contribution in [0.1, 0.15) is 0 Å². The molecule has 15 heavy (non-hydrogen) atoms. The van der Waals surface area contributed by atoms with E-state index in [4.69, 9.17) is 25.9 Å². The molecule has 9 heteroatoms. The van der Waals surface area contributed by atoms with Gasteiger partial charge in [0.2, 0.25) is 0 Å². The van der Waals surface area contributed by atoms with Crippen LogP contribution in [-0.4, -0.2) is 59.1 Å². The highest BCUT2D eigenvalue weighted by atomic mass is 31.2. The van der Waals surface area contributed by atoms with Crippen molar-refractivity contribution in [2.24, 2.45) is 5.50 Å². The molecule has 0 aliphatic heterocycles. The topological polar surface area (TPSA) is 142 Å². The van der Waals surface area contributed by atoms with Crippen molar-refractivity contribution in [2.45, 2.75) is 12.2 Å². The fourth-order valence-corrected chi connectivity index (χ4v) is 1.36. The first-order valence-corrected chi connectivity index (χ1v) is 5.78. The molecule has 8 nitrogen and oxygen atoms in total. The van der Waals surface area contributed by atoms with Crippen molar-refractivity contribution in [2.75, 3.05) is 26.4 Å². The summed E-state index contributed by atoms with van der Waals surface area (Å²) in [6.07, 6.45) is -2.40. The summed E-state index contributed by atoms with van der Waals surface area (Å²) in [4.78, 5) is 0. The lowest BCUT2D eigenvalue weighted by molar-refractivity contribution is 0.0287. The molecule has 0 spiro atoms. The Morgan fingerprint density at radius 1 is 1.07 bits per heavy atom. The van der Waals surface area contributed by atoms with E-state index in [1.54, 1.807) is 0 Å². The molecule has 2 atom stereocenters. The molecule has 0 aromatic carbocycles. The molecule has 2 unspecified atom stereocenters. The van der Waals surface area contributed by atoms with Gasteiger partial charge in [-0.15, -0.1) is 0 Å². The van der Waals surface area contributed by atoms with E-state index in [1.807, 2.05) is 0 Å². The molecule has 6 N–H and O–H groups in total. The minimum atomic E-state index is -3.87. The molecule has 0 heterocycles. The van der Waals surface area contributed by atoms with Crippen molar-refractivity contribution in [1.29, 1.82) is 0 Å². The normalized spacial score (nSPS) is 19.5. The molecule has 0 fully saturated rings. The second kappa shape index (κ2) is 7.26. The van der Waals surface area contributed by atoms with E-state index in [1.165, 1.54) is 0 Å². The molecular formula is C6H16NO7P. The SMILES string of the molecule is NP(=O)(OCC(O)CO)OCC(O)CO. The summed E-state index contributed by atoms with van der Waals surface area (Å²) in [6, 6.07) is 0. The van der Waals surface area contributed by atoms with Crippen molar-refractivity contribution in [3.63, 3.8) is 0 Å². The van der Waals surface area contributed by atoms with Crippen LogP contribution in [-0.2, 0) is 13.6 Å². The third-order valence-electron chi connectivity index (χ3n) is 1.32. The zero-order valence-electron chi connectivity index (χ0n) is 8.02. The molecule has 0 saturated heterocycles. The van der Waals surface area contributed by atoms with Crippen molar-refractivity contribution in [3.8, 4) is 0 Å². The first-order chi connectivity index (χ1) is 6.91. The number of aliphatic hydroxyl groups excluding tert-OH is 4. The Balaban J connectivity index is 3.81. The van der Waals surface area contributed by atoms with Gasteiger partial charge in [0.15, 0.2) is 0 Å². The minimum Gasteiger partial charge on any atom is -0.394 e. The standard InChI is InChI=1S/C6H16NO7P/c7-15(12,13-3-5(10)1-8)14-4-6(11)2-9/h5-6,8-11H,1-4H2,(H2,7,12). The minimum absolute atomic E-state index is 0.445. The average Bonchev–Trinajstić information content (AvgIpc) is 2.22. The van der Waals surface area contributed by atoms with Gasteiger partial charge in [-0.05, 0) is 0 Å². The Morgan fingerprint density at radius 2 is 1.40 bits per heavy atom.